The van der Waals surface area contributed by atoms with Crippen LogP contribution in [-0.4, -0.2) is 33.7 Å². The van der Waals surface area contributed by atoms with E-state index in [-0.39, 0.29) is 12.2 Å². The maximum atomic E-state index is 13.6. The highest BCUT2D eigenvalue weighted by Gasteiger charge is 2.17. The van der Waals surface area contributed by atoms with Gasteiger partial charge in [-0.05, 0) is 24.3 Å². The monoisotopic (exact) mass is 351 g/mol. The van der Waals surface area contributed by atoms with Crippen LogP contribution in [0.5, 0.6) is 11.5 Å². The first kappa shape index (κ1) is 18.7. The van der Waals surface area contributed by atoms with Crippen molar-refractivity contribution >= 4 is 11.6 Å². The molecule has 0 aliphatic rings. The largest absolute Gasteiger partial charge is 0.493 e. The van der Waals surface area contributed by atoms with Crippen LogP contribution in [0.15, 0.2) is 36.4 Å². The molecule has 0 spiro atoms. The molecule has 7 heteroatoms. The number of rotatable bonds is 7. The fourth-order valence-electron chi connectivity index (χ4n) is 2.54. The van der Waals surface area contributed by atoms with E-state index in [1.54, 1.807) is 20.3 Å². The number of hydrogen-bond donors (Lipinski definition) is 2. The molecule has 0 aliphatic heterocycles. The van der Waals surface area contributed by atoms with Gasteiger partial charge in [0.25, 0.3) is 5.91 Å². The third kappa shape index (κ3) is 4.90. The van der Waals surface area contributed by atoms with Crippen molar-refractivity contribution in [3.8, 4) is 11.5 Å². The Balaban J connectivity index is 2.01. The van der Waals surface area contributed by atoms with Crippen molar-refractivity contribution in [2.45, 2.75) is 6.54 Å². The van der Waals surface area contributed by atoms with Crippen molar-refractivity contribution in [3.05, 3.63) is 53.6 Å². The third-order valence-electron chi connectivity index (χ3n) is 3.64. The van der Waals surface area contributed by atoms with Gasteiger partial charge in [0.05, 0.1) is 32.5 Å². The SMILES string of the molecule is COc1cccc(C[NH+](C)CC(=O)Nc2cc(F)ccc2F)c1OC. The number of ether oxygens (including phenoxy) is 2. The zero-order chi connectivity index (χ0) is 18.4. The number of anilines is 1. The smallest absolute Gasteiger partial charge is 0.279 e. The summed E-state index contributed by atoms with van der Waals surface area (Å²) in [5.41, 5.74) is 0.709. The molecule has 0 saturated heterocycles. The molecule has 1 amide bonds. The molecule has 1 atom stereocenters. The van der Waals surface area contributed by atoms with E-state index in [1.807, 2.05) is 19.2 Å². The minimum atomic E-state index is -0.679. The van der Waals surface area contributed by atoms with Crippen LogP contribution < -0.4 is 19.7 Å². The number of quaternary nitrogens is 1. The van der Waals surface area contributed by atoms with Gasteiger partial charge in [-0.15, -0.1) is 0 Å². The number of benzene rings is 2. The van der Waals surface area contributed by atoms with Crippen molar-refractivity contribution in [1.82, 2.24) is 0 Å². The standard InChI is InChI=1S/C18H20F2N2O3/c1-22(10-12-5-4-6-16(24-2)18(12)25-3)11-17(23)21-15-9-13(19)7-8-14(15)20/h4-9H,10-11H2,1-3H3,(H,21,23)/p+1. The molecule has 2 N–H and O–H groups in total. The van der Waals surface area contributed by atoms with Gasteiger partial charge in [-0.1, -0.05) is 6.07 Å². The van der Waals surface area contributed by atoms with Gasteiger partial charge in [0.2, 0.25) is 0 Å². The van der Waals surface area contributed by atoms with Gasteiger partial charge >= 0.3 is 0 Å². The maximum absolute atomic E-state index is 13.6. The van der Waals surface area contributed by atoms with Crippen molar-refractivity contribution in [2.24, 2.45) is 0 Å². The molecule has 0 heterocycles. The zero-order valence-corrected chi connectivity index (χ0v) is 14.4. The predicted octanol–water partition coefficient (Wildman–Crippen LogP) is 1.64. The fraction of sp³-hybridized carbons (Fsp3) is 0.278. The van der Waals surface area contributed by atoms with E-state index in [9.17, 15) is 13.6 Å². The highest BCUT2D eigenvalue weighted by Crippen LogP contribution is 2.30. The zero-order valence-electron chi connectivity index (χ0n) is 14.4. The van der Waals surface area contributed by atoms with Crippen LogP contribution >= 0.6 is 0 Å². The Morgan fingerprint density at radius 3 is 2.60 bits per heavy atom. The second kappa shape index (κ2) is 8.43. The lowest BCUT2D eigenvalue weighted by atomic mass is 10.1. The van der Waals surface area contributed by atoms with Crippen LogP contribution in [-0.2, 0) is 11.3 Å². The van der Waals surface area contributed by atoms with Crippen LogP contribution in [0.3, 0.4) is 0 Å². The highest BCUT2D eigenvalue weighted by molar-refractivity contribution is 5.91. The number of carbonyl (C=O) groups excluding carboxylic acids is 1. The summed E-state index contributed by atoms with van der Waals surface area (Å²) in [5, 5.41) is 2.39. The summed E-state index contributed by atoms with van der Waals surface area (Å²) in [7, 11) is 4.93. The van der Waals surface area contributed by atoms with E-state index < -0.39 is 17.5 Å². The van der Waals surface area contributed by atoms with E-state index in [4.69, 9.17) is 9.47 Å². The summed E-state index contributed by atoms with van der Waals surface area (Å²) in [5.74, 6) is -0.482. The number of nitrogens with one attached hydrogen (secondary N) is 2. The molecule has 2 aromatic carbocycles. The Hall–Kier alpha value is -2.67. The number of likely N-dealkylation sites (N-methyl/N-ethyl adjacent to an activating group) is 1. The van der Waals surface area contributed by atoms with Crippen LogP contribution in [0.25, 0.3) is 0 Å². The van der Waals surface area contributed by atoms with E-state index in [0.717, 1.165) is 28.7 Å². The number of halogens is 2. The first-order chi connectivity index (χ1) is 11.9. The van der Waals surface area contributed by atoms with Gasteiger partial charge in [-0.25, -0.2) is 8.78 Å². The molecule has 1 unspecified atom stereocenters. The number of hydrogen-bond acceptors (Lipinski definition) is 3. The Morgan fingerprint density at radius 2 is 1.92 bits per heavy atom. The average molecular weight is 351 g/mol. The van der Waals surface area contributed by atoms with Crippen molar-refractivity contribution < 1.29 is 27.9 Å². The summed E-state index contributed by atoms with van der Waals surface area (Å²) in [6.45, 7) is 0.579. The average Bonchev–Trinajstić information content (AvgIpc) is 2.57. The minimum Gasteiger partial charge on any atom is -0.493 e. The minimum absolute atomic E-state index is 0.0797. The molecule has 0 fully saturated rings. The summed E-state index contributed by atoms with van der Waals surface area (Å²) in [6, 6.07) is 8.44. The van der Waals surface area contributed by atoms with E-state index in [2.05, 4.69) is 5.32 Å². The molecule has 0 radical (unpaired) electrons. The molecule has 0 bridgehead atoms. The van der Waals surface area contributed by atoms with E-state index >= 15 is 0 Å². The number of para-hydroxylation sites is 1. The molecule has 2 rings (SSSR count). The number of amides is 1. The second-order valence-electron chi connectivity index (χ2n) is 5.64. The molecule has 2 aromatic rings. The predicted molar refractivity (Wildman–Crippen MR) is 90.0 cm³/mol. The highest BCUT2D eigenvalue weighted by atomic mass is 19.1. The van der Waals surface area contributed by atoms with Gasteiger partial charge in [0, 0.05) is 6.07 Å². The Kier molecular flexibility index (Phi) is 6.30. The van der Waals surface area contributed by atoms with Crippen molar-refractivity contribution in [2.75, 3.05) is 33.1 Å². The summed E-state index contributed by atoms with van der Waals surface area (Å²) in [4.78, 5) is 12.9. The van der Waals surface area contributed by atoms with Crippen molar-refractivity contribution in [1.29, 1.82) is 0 Å². The second-order valence-corrected chi connectivity index (χ2v) is 5.64. The quantitative estimate of drug-likeness (QED) is 0.797. The molecule has 0 aliphatic carbocycles. The molecule has 5 nitrogen and oxygen atoms in total. The maximum Gasteiger partial charge on any atom is 0.279 e. The first-order valence-corrected chi connectivity index (χ1v) is 7.70. The topological polar surface area (TPSA) is 52.0 Å². The molecule has 0 saturated carbocycles. The lowest BCUT2D eigenvalue weighted by Gasteiger charge is -2.17. The van der Waals surface area contributed by atoms with Gasteiger partial charge in [-0.3, -0.25) is 4.79 Å². The van der Waals surface area contributed by atoms with Gasteiger partial charge < -0.3 is 19.7 Å². The van der Waals surface area contributed by atoms with Crippen LogP contribution in [0.4, 0.5) is 14.5 Å². The van der Waals surface area contributed by atoms with Crippen molar-refractivity contribution in [3.63, 3.8) is 0 Å². The van der Waals surface area contributed by atoms with Crippen LogP contribution in [0.1, 0.15) is 5.56 Å². The first-order valence-electron chi connectivity index (χ1n) is 7.70. The van der Waals surface area contributed by atoms with Crippen LogP contribution in [0.2, 0.25) is 0 Å². The van der Waals surface area contributed by atoms with Gasteiger partial charge in [-0.2, -0.15) is 0 Å². The Bertz CT molecular complexity index is 753. The number of methoxy groups -OCH3 is 2. The fourth-order valence-corrected chi connectivity index (χ4v) is 2.54. The van der Waals surface area contributed by atoms with E-state index in [0.29, 0.717) is 18.0 Å². The molecular formula is C18H21F2N2O3+. The Morgan fingerprint density at radius 1 is 1.16 bits per heavy atom. The molecule has 25 heavy (non-hydrogen) atoms. The van der Waals surface area contributed by atoms with Gasteiger partial charge in [0.1, 0.15) is 18.2 Å². The van der Waals surface area contributed by atoms with Gasteiger partial charge in [0.15, 0.2) is 18.0 Å². The summed E-state index contributed by atoms with van der Waals surface area (Å²) in [6.07, 6.45) is 0. The molecule has 134 valence electrons. The Labute approximate surface area is 145 Å². The third-order valence-corrected chi connectivity index (χ3v) is 3.64. The van der Waals surface area contributed by atoms with E-state index in [1.165, 1.54) is 0 Å². The summed E-state index contributed by atoms with van der Waals surface area (Å²) < 4.78 is 37.4. The molecule has 0 aromatic heterocycles. The normalized spacial score (nSPS) is 11.7. The van der Waals surface area contributed by atoms with Crippen LogP contribution in [0, 0.1) is 11.6 Å². The number of carbonyl (C=O) groups is 1. The lowest BCUT2D eigenvalue weighted by Crippen LogP contribution is -3.08. The lowest BCUT2D eigenvalue weighted by molar-refractivity contribution is -0.885. The molecular weight excluding hydrogens is 330 g/mol. The summed E-state index contributed by atoms with van der Waals surface area (Å²) >= 11 is 0.